The quantitative estimate of drug-likeness (QED) is 0.472. The van der Waals surface area contributed by atoms with Crippen LogP contribution in [0.4, 0.5) is 10.2 Å². The molecule has 0 amide bonds. The number of nitrogens with one attached hydrogen (secondary N) is 1. The summed E-state index contributed by atoms with van der Waals surface area (Å²) < 4.78 is 37.8. The van der Waals surface area contributed by atoms with Crippen molar-refractivity contribution in [3.63, 3.8) is 0 Å². The predicted molar refractivity (Wildman–Crippen MR) is 104 cm³/mol. The lowest BCUT2D eigenvalue weighted by Crippen LogP contribution is -2.35. The molecule has 0 aromatic carbocycles. The van der Waals surface area contributed by atoms with Gasteiger partial charge in [-0.2, -0.15) is 4.39 Å². The van der Waals surface area contributed by atoms with Gasteiger partial charge < -0.3 is 4.90 Å². The molecule has 1 atom stereocenters. The number of halogens is 1. The fourth-order valence-electron chi connectivity index (χ4n) is 3.34. The molecule has 9 nitrogen and oxygen atoms in total. The van der Waals surface area contributed by atoms with Gasteiger partial charge in [0.15, 0.2) is 11.6 Å². The molecule has 4 rings (SSSR count). The van der Waals surface area contributed by atoms with Crippen LogP contribution >= 0.6 is 0 Å². The van der Waals surface area contributed by atoms with E-state index in [4.69, 9.17) is 0 Å². The van der Waals surface area contributed by atoms with Crippen molar-refractivity contribution in [3.05, 3.63) is 59.6 Å². The van der Waals surface area contributed by atoms with E-state index < -0.39 is 16.8 Å². The maximum Gasteiger partial charge on any atom is 0.215 e. The Labute approximate surface area is 168 Å². The zero-order valence-electron chi connectivity index (χ0n) is 15.5. The van der Waals surface area contributed by atoms with Gasteiger partial charge in [0.1, 0.15) is 5.82 Å². The number of hydrogen-bond donors (Lipinski definition) is 2. The number of fused-ring (bicyclic) bond motifs is 1. The lowest BCUT2D eigenvalue weighted by Gasteiger charge is -2.35. The highest BCUT2D eigenvalue weighted by Crippen LogP contribution is 2.32. The predicted octanol–water partition coefficient (Wildman–Crippen LogP) is 1.21. The number of anilines is 1. The van der Waals surface area contributed by atoms with E-state index in [1.165, 1.54) is 6.07 Å². The van der Waals surface area contributed by atoms with Crippen molar-refractivity contribution in [1.82, 2.24) is 29.6 Å². The van der Waals surface area contributed by atoms with E-state index in [2.05, 4.69) is 29.6 Å². The monoisotopic (exact) mass is 415 g/mol. The largest absolute Gasteiger partial charge is 0.349 e. The number of thiol groups is 1. The summed E-state index contributed by atoms with van der Waals surface area (Å²) in [5, 5.41) is 0. The molecule has 0 saturated heterocycles. The molecule has 3 aromatic heterocycles. The van der Waals surface area contributed by atoms with Crippen LogP contribution in [0.15, 0.2) is 36.8 Å². The van der Waals surface area contributed by atoms with E-state index in [0.717, 1.165) is 11.3 Å². The molecule has 1 N–H and O–H groups in total. The van der Waals surface area contributed by atoms with Gasteiger partial charge in [-0.05, 0) is 30.7 Å². The smallest absolute Gasteiger partial charge is 0.215 e. The summed E-state index contributed by atoms with van der Waals surface area (Å²) in [6.07, 6.45) is 5.65. The highest BCUT2D eigenvalue weighted by molar-refractivity contribution is 7.70. The molecule has 1 aliphatic rings. The minimum Gasteiger partial charge on any atom is -0.349 e. The standard InChI is InChI=1S/C18H18FN7O2S/c1-11-13-10-22-18(17-20-4-2-5-21-17)24-14(13)3-6-26(11)16-8-12(7-15(19)25-16)9-23-29(27)28/h2,4-5,7-8,10-11,29H,3,6,9H2,1H3,(H,23,27,28). The van der Waals surface area contributed by atoms with Crippen LogP contribution in [0.1, 0.15) is 29.8 Å². The fraction of sp³-hybridized carbons (Fsp3) is 0.278. The Morgan fingerprint density at radius 2 is 1.97 bits per heavy atom. The highest BCUT2D eigenvalue weighted by atomic mass is 32.2. The fourth-order valence-corrected chi connectivity index (χ4v) is 3.65. The SMILES string of the molecule is CC1c2cnc(-c3ncccn3)nc2CCN1c1cc(CN[SH](=O)=O)cc(F)n1. The maximum absolute atomic E-state index is 14.0. The lowest BCUT2D eigenvalue weighted by molar-refractivity contribution is 0.559. The molecular formula is C18H18FN7O2S. The van der Waals surface area contributed by atoms with Crippen LogP contribution in [0.25, 0.3) is 11.6 Å². The summed E-state index contributed by atoms with van der Waals surface area (Å²) in [4.78, 5) is 23.3. The molecule has 4 heterocycles. The Bertz CT molecular complexity index is 1100. The summed E-state index contributed by atoms with van der Waals surface area (Å²) >= 11 is 0. The molecule has 1 aliphatic heterocycles. The number of aromatic nitrogens is 5. The molecule has 3 aromatic rings. The van der Waals surface area contributed by atoms with E-state index in [9.17, 15) is 12.8 Å². The van der Waals surface area contributed by atoms with Gasteiger partial charge >= 0.3 is 0 Å². The topological polar surface area (TPSA) is 114 Å². The van der Waals surface area contributed by atoms with Gasteiger partial charge in [0, 0.05) is 43.7 Å². The molecule has 29 heavy (non-hydrogen) atoms. The van der Waals surface area contributed by atoms with Gasteiger partial charge in [0.2, 0.25) is 16.8 Å². The molecule has 150 valence electrons. The first-order valence-corrected chi connectivity index (χ1v) is 10.1. The van der Waals surface area contributed by atoms with Crippen molar-refractivity contribution in [2.24, 2.45) is 0 Å². The first-order chi connectivity index (χ1) is 14.0. The normalized spacial score (nSPS) is 16.1. The molecule has 0 bridgehead atoms. The third kappa shape index (κ3) is 4.20. The summed E-state index contributed by atoms with van der Waals surface area (Å²) in [6, 6.07) is 4.50. The van der Waals surface area contributed by atoms with Gasteiger partial charge in [-0.25, -0.2) is 38.1 Å². The van der Waals surface area contributed by atoms with Crippen molar-refractivity contribution in [2.75, 3.05) is 11.4 Å². The van der Waals surface area contributed by atoms with Crippen LogP contribution in [-0.4, -0.2) is 39.9 Å². The number of nitrogens with zero attached hydrogens (tertiary/aromatic N) is 6. The minimum absolute atomic E-state index is 0.00744. The molecule has 11 heteroatoms. The highest BCUT2D eigenvalue weighted by Gasteiger charge is 2.27. The number of rotatable bonds is 5. The Hall–Kier alpha value is -3.05. The van der Waals surface area contributed by atoms with Gasteiger partial charge in [-0.15, -0.1) is 0 Å². The maximum atomic E-state index is 14.0. The Balaban J connectivity index is 1.61. The van der Waals surface area contributed by atoms with Crippen LogP contribution in [0, 0.1) is 5.95 Å². The first-order valence-electron chi connectivity index (χ1n) is 8.95. The first kappa shape index (κ1) is 19.3. The zero-order chi connectivity index (χ0) is 20.4. The van der Waals surface area contributed by atoms with Gasteiger partial charge in [-0.1, -0.05) is 0 Å². The van der Waals surface area contributed by atoms with Gasteiger partial charge in [-0.3, -0.25) is 0 Å². The Morgan fingerprint density at radius 1 is 1.17 bits per heavy atom. The summed E-state index contributed by atoms with van der Waals surface area (Å²) in [5.74, 6) is 0.711. The van der Waals surface area contributed by atoms with E-state index in [0.29, 0.717) is 36.0 Å². The Kier molecular flexibility index (Phi) is 5.41. The van der Waals surface area contributed by atoms with E-state index in [1.807, 2.05) is 11.8 Å². The second kappa shape index (κ2) is 8.13. The van der Waals surface area contributed by atoms with Crippen molar-refractivity contribution >= 4 is 16.7 Å². The van der Waals surface area contributed by atoms with Crippen LogP contribution in [0.2, 0.25) is 0 Å². The van der Waals surface area contributed by atoms with E-state index >= 15 is 0 Å². The van der Waals surface area contributed by atoms with Gasteiger partial charge in [0.25, 0.3) is 0 Å². The van der Waals surface area contributed by atoms with E-state index in [-0.39, 0.29) is 12.6 Å². The number of pyridine rings is 1. The molecular weight excluding hydrogens is 397 g/mol. The molecule has 0 spiro atoms. The molecule has 0 fully saturated rings. The molecule has 0 saturated carbocycles. The lowest BCUT2D eigenvalue weighted by atomic mass is 9.99. The van der Waals surface area contributed by atoms with Crippen molar-refractivity contribution in [3.8, 4) is 11.6 Å². The van der Waals surface area contributed by atoms with E-state index in [1.54, 1.807) is 30.7 Å². The second-order valence-electron chi connectivity index (χ2n) is 6.54. The molecule has 1 unspecified atom stereocenters. The second-order valence-corrected chi connectivity index (χ2v) is 7.37. The summed E-state index contributed by atoms with van der Waals surface area (Å²) in [5.41, 5.74) is 2.31. The van der Waals surface area contributed by atoms with Crippen LogP contribution in [-0.2, 0) is 23.9 Å². The van der Waals surface area contributed by atoms with Crippen LogP contribution in [0.5, 0.6) is 0 Å². The van der Waals surface area contributed by atoms with Crippen molar-refractivity contribution in [1.29, 1.82) is 0 Å². The summed E-state index contributed by atoms with van der Waals surface area (Å²) in [6.45, 7) is 2.56. The summed E-state index contributed by atoms with van der Waals surface area (Å²) in [7, 11) is -2.76. The van der Waals surface area contributed by atoms with Crippen LogP contribution in [0.3, 0.4) is 0 Å². The average Bonchev–Trinajstić information content (AvgIpc) is 2.72. The third-order valence-corrected chi connectivity index (χ3v) is 5.14. The Morgan fingerprint density at radius 3 is 2.72 bits per heavy atom. The van der Waals surface area contributed by atoms with Crippen molar-refractivity contribution < 1.29 is 12.8 Å². The third-order valence-electron chi connectivity index (χ3n) is 4.72. The molecule has 0 radical (unpaired) electrons. The number of hydrogen-bond acceptors (Lipinski definition) is 8. The zero-order valence-corrected chi connectivity index (χ0v) is 16.4. The van der Waals surface area contributed by atoms with Gasteiger partial charge in [0.05, 0.1) is 11.7 Å². The van der Waals surface area contributed by atoms with Crippen LogP contribution < -0.4 is 9.62 Å². The average molecular weight is 415 g/mol. The molecule has 0 aliphatic carbocycles. The minimum atomic E-state index is -2.76. The van der Waals surface area contributed by atoms with Crippen molar-refractivity contribution in [2.45, 2.75) is 25.9 Å².